The summed E-state index contributed by atoms with van der Waals surface area (Å²) in [5, 5.41) is 8.01. The fraction of sp³-hybridized carbons (Fsp3) is 0.222. The van der Waals surface area contributed by atoms with Crippen molar-refractivity contribution in [3.05, 3.63) is 84.4 Å². The van der Waals surface area contributed by atoms with Crippen molar-refractivity contribution in [3.63, 3.8) is 0 Å². The lowest BCUT2D eigenvalue weighted by molar-refractivity contribution is -0.383. The summed E-state index contributed by atoms with van der Waals surface area (Å²) in [4.78, 5) is 4.69. The van der Waals surface area contributed by atoms with E-state index in [9.17, 15) is 0 Å². The predicted molar refractivity (Wildman–Crippen MR) is 130 cm³/mol. The van der Waals surface area contributed by atoms with E-state index in [4.69, 9.17) is 23.9 Å². The fourth-order valence-corrected chi connectivity index (χ4v) is 4.65. The lowest BCUT2D eigenvalue weighted by Crippen LogP contribution is -2.62. The van der Waals surface area contributed by atoms with Crippen molar-refractivity contribution in [1.29, 1.82) is 0 Å². The highest BCUT2D eigenvalue weighted by atomic mass is 16.8. The molecule has 5 rings (SSSR count). The largest absolute Gasteiger partial charge is 0.350 e. The van der Waals surface area contributed by atoms with Crippen LogP contribution in [0.2, 0.25) is 0 Å². The summed E-state index contributed by atoms with van der Waals surface area (Å²) in [6.45, 7) is 0. The molecule has 0 saturated heterocycles. The Labute approximate surface area is 192 Å². The van der Waals surface area contributed by atoms with E-state index in [1.807, 2.05) is 12.1 Å². The Morgan fingerprint density at radius 3 is 1.76 bits per heavy atom. The number of hydrogen-bond acceptors (Lipinski definition) is 6. The van der Waals surface area contributed by atoms with Crippen LogP contribution in [0.3, 0.4) is 0 Å². The number of nitrogens with zero attached hydrogens (tertiary/aromatic N) is 1. The second-order valence-corrected chi connectivity index (χ2v) is 7.87. The van der Waals surface area contributed by atoms with Crippen molar-refractivity contribution in [2.45, 2.75) is 11.8 Å². The molecule has 168 valence electrons. The van der Waals surface area contributed by atoms with Crippen molar-refractivity contribution >= 4 is 27.4 Å². The van der Waals surface area contributed by atoms with Gasteiger partial charge < -0.3 is 24.3 Å². The van der Waals surface area contributed by atoms with Gasteiger partial charge in [0.05, 0.1) is 0 Å². The molecule has 0 atom stereocenters. The number of benzene rings is 4. The average molecular weight is 443 g/mol. The molecule has 0 aromatic heterocycles. The van der Waals surface area contributed by atoms with Gasteiger partial charge in [-0.05, 0) is 44.8 Å². The molecule has 33 heavy (non-hydrogen) atoms. The van der Waals surface area contributed by atoms with Crippen LogP contribution in [0.5, 0.6) is 0 Å². The SMILES string of the molecule is COC1(OC)N=C(c2cccc(-c3c4ccccc4cc4ccccc34)c2)NC1(OC)OC. The third kappa shape index (κ3) is 3.22. The number of nitrogens with one attached hydrogen (secondary N) is 1. The van der Waals surface area contributed by atoms with Gasteiger partial charge in [-0.25, -0.2) is 4.99 Å². The number of ether oxygens (including phenoxy) is 4. The molecule has 0 radical (unpaired) electrons. The zero-order chi connectivity index (χ0) is 23.1. The first kappa shape index (κ1) is 21.6. The molecule has 0 fully saturated rings. The van der Waals surface area contributed by atoms with Crippen LogP contribution in [0.15, 0.2) is 83.9 Å². The average Bonchev–Trinajstić information content (AvgIpc) is 3.22. The topological polar surface area (TPSA) is 61.3 Å². The van der Waals surface area contributed by atoms with E-state index >= 15 is 0 Å². The molecule has 0 bridgehead atoms. The van der Waals surface area contributed by atoms with E-state index in [1.165, 1.54) is 55.5 Å². The molecule has 0 aliphatic carbocycles. The standard InChI is InChI=1S/C27H26N2O4/c1-30-26(31-2)27(32-3,33-4)29-25(28-26)21-13-9-12-20(17-21)24-22-14-7-5-10-18(22)16-19-11-6-8-15-23(19)24/h5-17H,1-4H3,(H,28,29). The number of rotatable bonds is 6. The molecule has 4 aromatic rings. The van der Waals surface area contributed by atoms with Gasteiger partial charge in [0, 0.05) is 34.0 Å². The summed E-state index contributed by atoms with van der Waals surface area (Å²) in [7, 11) is 6.03. The van der Waals surface area contributed by atoms with Gasteiger partial charge in [-0.15, -0.1) is 0 Å². The van der Waals surface area contributed by atoms with Gasteiger partial charge in [-0.2, -0.15) is 0 Å². The number of hydrogen-bond donors (Lipinski definition) is 1. The van der Waals surface area contributed by atoms with E-state index < -0.39 is 11.8 Å². The number of methoxy groups -OCH3 is 4. The fourth-order valence-electron chi connectivity index (χ4n) is 4.65. The van der Waals surface area contributed by atoms with Crippen molar-refractivity contribution < 1.29 is 18.9 Å². The van der Waals surface area contributed by atoms with Crippen molar-refractivity contribution in [2.75, 3.05) is 28.4 Å². The zero-order valence-corrected chi connectivity index (χ0v) is 19.1. The summed E-state index contributed by atoms with van der Waals surface area (Å²) >= 11 is 0. The minimum atomic E-state index is -1.49. The number of amidine groups is 1. The molecule has 6 heteroatoms. The van der Waals surface area contributed by atoms with E-state index in [0.717, 1.165) is 11.1 Å². The predicted octanol–water partition coefficient (Wildman–Crippen LogP) is 4.90. The lowest BCUT2D eigenvalue weighted by atomic mass is 9.91. The normalized spacial score (nSPS) is 16.7. The molecule has 0 amide bonds. The van der Waals surface area contributed by atoms with Gasteiger partial charge in [0.1, 0.15) is 5.84 Å². The second-order valence-electron chi connectivity index (χ2n) is 7.87. The van der Waals surface area contributed by atoms with E-state index in [0.29, 0.717) is 5.84 Å². The van der Waals surface area contributed by atoms with Gasteiger partial charge in [-0.1, -0.05) is 66.7 Å². The molecule has 1 N–H and O–H groups in total. The maximum Gasteiger partial charge on any atom is 0.350 e. The molecule has 1 aliphatic heterocycles. The van der Waals surface area contributed by atoms with E-state index in [1.54, 1.807) is 0 Å². The molecular weight excluding hydrogens is 416 g/mol. The maximum atomic E-state index is 5.63. The summed E-state index contributed by atoms with van der Waals surface area (Å²) < 4.78 is 22.5. The molecule has 1 heterocycles. The van der Waals surface area contributed by atoms with E-state index in [2.05, 4.69) is 72.0 Å². The summed E-state index contributed by atoms with van der Waals surface area (Å²) in [5.41, 5.74) is 3.12. The highest BCUT2D eigenvalue weighted by Gasteiger charge is 2.61. The highest BCUT2D eigenvalue weighted by Crippen LogP contribution is 2.38. The quantitative estimate of drug-likeness (QED) is 0.340. The first-order valence-electron chi connectivity index (χ1n) is 10.7. The van der Waals surface area contributed by atoms with Crippen LogP contribution in [-0.2, 0) is 18.9 Å². The monoisotopic (exact) mass is 442 g/mol. The Kier molecular flexibility index (Phi) is 5.38. The van der Waals surface area contributed by atoms with Gasteiger partial charge in [0.15, 0.2) is 0 Å². The van der Waals surface area contributed by atoms with Crippen LogP contribution >= 0.6 is 0 Å². The Bertz CT molecular complexity index is 1300. The highest BCUT2D eigenvalue weighted by molar-refractivity contribution is 6.13. The van der Waals surface area contributed by atoms with Crippen molar-refractivity contribution in [3.8, 4) is 11.1 Å². The van der Waals surface area contributed by atoms with Crippen molar-refractivity contribution in [1.82, 2.24) is 5.32 Å². The molecule has 0 unspecified atom stereocenters. The lowest BCUT2D eigenvalue weighted by Gasteiger charge is -2.37. The summed E-state index contributed by atoms with van der Waals surface area (Å²) in [5.74, 6) is -2.36. The minimum Gasteiger partial charge on any atom is -0.330 e. The first-order chi connectivity index (χ1) is 16.1. The molecule has 0 spiro atoms. The Balaban J connectivity index is 1.70. The molecule has 1 aliphatic rings. The third-order valence-corrected chi connectivity index (χ3v) is 6.28. The summed E-state index contributed by atoms with van der Waals surface area (Å²) in [6.07, 6.45) is 0. The molecule has 0 saturated carbocycles. The van der Waals surface area contributed by atoms with Gasteiger partial charge in [-0.3, -0.25) is 0 Å². The van der Waals surface area contributed by atoms with Gasteiger partial charge >= 0.3 is 11.8 Å². The minimum absolute atomic E-state index is 0.550. The zero-order valence-electron chi connectivity index (χ0n) is 19.1. The van der Waals surface area contributed by atoms with Crippen LogP contribution in [0.4, 0.5) is 0 Å². The first-order valence-corrected chi connectivity index (χ1v) is 10.7. The molecular formula is C27H26N2O4. The Hall–Kier alpha value is -3.29. The van der Waals surface area contributed by atoms with Crippen LogP contribution in [0.25, 0.3) is 32.7 Å². The van der Waals surface area contributed by atoms with E-state index in [-0.39, 0.29) is 0 Å². The Morgan fingerprint density at radius 1 is 0.636 bits per heavy atom. The Morgan fingerprint density at radius 2 is 1.21 bits per heavy atom. The van der Waals surface area contributed by atoms with Crippen molar-refractivity contribution in [2.24, 2.45) is 4.99 Å². The molecule has 6 nitrogen and oxygen atoms in total. The van der Waals surface area contributed by atoms with Gasteiger partial charge in [0.2, 0.25) is 0 Å². The number of fused-ring (bicyclic) bond motifs is 2. The van der Waals surface area contributed by atoms with Crippen LogP contribution < -0.4 is 5.32 Å². The smallest absolute Gasteiger partial charge is 0.330 e. The third-order valence-electron chi connectivity index (χ3n) is 6.28. The second kappa shape index (κ2) is 8.24. The van der Waals surface area contributed by atoms with Crippen LogP contribution in [0, 0.1) is 0 Å². The van der Waals surface area contributed by atoms with Gasteiger partial charge in [0.25, 0.3) is 0 Å². The van der Waals surface area contributed by atoms with Crippen LogP contribution in [0.1, 0.15) is 5.56 Å². The van der Waals surface area contributed by atoms with Crippen LogP contribution in [-0.4, -0.2) is 46.1 Å². The maximum absolute atomic E-state index is 5.63. The number of aliphatic imine (C=N–C) groups is 1. The molecule has 4 aromatic carbocycles. The summed E-state index contributed by atoms with van der Waals surface area (Å²) in [6, 6.07) is 27.4.